The van der Waals surface area contributed by atoms with Crippen LogP contribution < -0.4 is 0 Å². The number of carbonyl (C=O) groups is 2. The van der Waals surface area contributed by atoms with Crippen molar-refractivity contribution >= 4 is 33.4 Å². The van der Waals surface area contributed by atoms with Crippen molar-refractivity contribution in [3.63, 3.8) is 0 Å². The molecule has 0 N–H and O–H groups in total. The SMILES string of the molecule is O=C(c1ccc(-c2ccccc2)cc1)c1ccc2c(c1)c1cc(C(=O)c3ccc(-c4ccccc4)cc3)cc3c1n2-c1ccccc1C3(C1=CCCC=C1)c1ccccc1. The third-order valence-electron chi connectivity index (χ3n) is 12.5. The molecule has 0 spiro atoms. The van der Waals surface area contributed by atoms with Crippen molar-refractivity contribution in [3.8, 4) is 27.9 Å². The van der Waals surface area contributed by atoms with E-state index < -0.39 is 5.41 Å². The normalized spacial score (nSPS) is 15.4. The monoisotopic (exact) mass is 769 g/mol. The van der Waals surface area contributed by atoms with E-state index in [1.165, 1.54) is 5.57 Å². The number of para-hydroxylation sites is 1. The lowest BCUT2D eigenvalue weighted by Crippen LogP contribution is -2.36. The van der Waals surface area contributed by atoms with Gasteiger partial charge in [0.05, 0.1) is 22.1 Å². The number of carbonyl (C=O) groups excluding carboxylic acids is 2. The van der Waals surface area contributed by atoms with Crippen molar-refractivity contribution in [2.45, 2.75) is 18.3 Å². The van der Waals surface area contributed by atoms with Crippen molar-refractivity contribution in [1.82, 2.24) is 4.57 Å². The molecule has 0 saturated carbocycles. The van der Waals surface area contributed by atoms with Crippen molar-refractivity contribution < 1.29 is 9.59 Å². The van der Waals surface area contributed by atoms with Crippen molar-refractivity contribution in [1.29, 1.82) is 0 Å². The summed E-state index contributed by atoms with van der Waals surface area (Å²) in [7, 11) is 0. The summed E-state index contributed by atoms with van der Waals surface area (Å²) in [6.07, 6.45) is 8.85. The Kier molecular flexibility index (Phi) is 8.49. The Labute approximate surface area is 349 Å². The molecule has 3 heteroatoms. The molecule has 2 heterocycles. The fourth-order valence-electron chi connectivity index (χ4n) is 9.68. The fourth-order valence-corrected chi connectivity index (χ4v) is 9.68. The van der Waals surface area contributed by atoms with E-state index in [1.807, 2.05) is 97.1 Å². The molecule has 0 saturated heterocycles. The van der Waals surface area contributed by atoms with Gasteiger partial charge in [0.25, 0.3) is 0 Å². The van der Waals surface area contributed by atoms with Crippen LogP contribution in [0.2, 0.25) is 0 Å². The number of allylic oxidation sites excluding steroid dienone is 4. The zero-order valence-electron chi connectivity index (χ0n) is 32.9. The van der Waals surface area contributed by atoms with Crippen molar-refractivity contribution in [2.75, 3.05) is 0 Å². The molecule has 284 valence electrons. The maximum absolute atomic E-state index is 14.9. The van der Waals surface area contributed by atoms with Crippen LogP contribution in [0.3, 0.4) is 0 Å². The first kappa shape index (κ1) is 35.5. The van der Waals surface area contributed by atoms with Crippen LogP contribution in [-0.4, -0.2) is 16.1 Å². The summed E-state index contributed by atoms with van der Waals surface area (Å²) in [5.74, 6) is -0.0943. The van der Waals surface area contributed by atoms with Gasteiger partial charge in [-0.15, -0.1) is 0 Å². The van der Waals surface area contributed by atoms with E-state index in [1.54, 1.807) is 0 Å². The van der Waals surface area contributed by atoms with Gasteiger partial charge in [-0.2, -0.15) is 0 Å². The van der Waals surface area contributed by atoms with Gasteiger partial charge >= 0.3 is 0 Å². The minimum Gasteiger partial charge on any atom is -0.309 e. The van der Waals surface area contributed by atoms with Gasteiger partial charge in [0, 0.05) is 33.0 Å². The standard InChI is InChI=1S/C57H39NO2/c59-55(42-29-25-40(26-30-42)38-15-5-1-6-16-38)44-33-34-52-48(35-44)49-36-45(56(60)43-31-27-41(28-32-43)39-17-7-2-8-18-39)37-51-54(49)58(52)53-24-14-13-23-50(53)57(51,46-19-9-3-10-20-46)47-21-11-4-12-22-47/h1-3,5-11,13-37H,4,12H2. The van der Waals surface area contributed by atoms with E-state index >= 15 is 0 Å². The van der Waals surface area contributed by atoms with Crippen LogP contribution in [0.25, 0.3) is 49.7 Å². The molecule has 0 fully saturated rings. The Balaban J connectivity index is 1.16. The largest absolute Gasteiger partial charge is 0.309 e. The Bertz CT molecular complexity index is 3190. The summed E-state index contributed by atoms with van der Waals surface area (Å²) in [4.78, 5) is 29.3. The lowest BCUT2D eigenvalue weighted by Gasteiger charge is -2.43. The number of aromatic nitrogens is 1. The molecule has 11 rings (SSSR count). The highest BCUT2D eigenvalue weighted by Crippen LogP contribution is 2.55. The smallest absolute Gasteiger partial charge is 0.193 e. The lowest BCUT2D eigenvalue weighted by atomic mass is 9.61. The average Bonchev–Trinajstić information content (AvgIpc) is 3.66. The third-order valence-corrected chi connectivity index (χ3v) is 12.5. The molecule has 0 amide bonds. The van der Waals surface area contributed by atoms with Gasteiger partial charge in [-0.3, -0.25) is 9.59 Å². The molecule has 3 nitrogen and oxygen atoms in total. The van der Waals surface area contributed by atoms with Crippen LogP contribution in [0.15, 0.2) is 218 Å². The molecule has 0 bridgehead atoms. The molecule has 1 aliphatic carbocycles. The summed E-state index contributed by atoms with van der Waals surface area (Å²) in [5.41, 5.74) is 13.7. The van der Waals surface area contributed by atoms with Crippen LogP contribution in [0.4, 0.5) is 0 Å². The van der Waals surface area contributed by atoms with Gasteiger partial charge in [-0.25, -0.2) is 0 Å². The Morgan fingerprint density at radius 1 is 0.450 bits per heavy atom. The van der Waals surface area contributed by atoms with Gasteiger partial charge in [0.2, 0.25) is 0 Å². The van der Waals surface area contributed by atoms with E-state index in [2.05, 4.69) is 120 Å². The quantitative estimate of drug-likeness (QED) is 0.144. The van der Waals surface area contributed by atoms with Gasteiger partial charge < -0.3 is 4.57 Å². The highest BCUT2D eigenvalue weighted by atomic mass is 16.1. The second-order valence-electron chi connectivity index (χ2n) is 15.8. The summed E-state index contributed by atoms with van der Waals surface area (Å²) in [6, 6.07) is 65.9. The highest BCUT2D eigenvalue weighted by Gasteiger charge is 2.46. The zero-order chi connectivity index (χ0) is 40.2. The van der Waals surface area contributed by atoms with E-state index in [0.29, 0.717) is 22.3 Å². The van der Waals surface area contributed by atoms with Crippen LogP contribution in [0, 0.1) is 0 Å². The topological polar surface area (TPSA) is 39.1 Å². The number of nitrogens with zero attached hydrogens (tertiary/aromatic N) is 1. The number of benzene rings is 8. The Hall–Kier alpha value is -7.62. The van der Waals surface area contributed by atoms with E-state index in [-0.39, 0.29) is 11.6 Å². The number of fused-ring (bicyclic) bond motifs is 5. The van der Waals surface area contributed by atoms with Gasteiger partial charge in [-0.05, 0) is 93.8 Å². The molecule has 60 heavy (non-hydrogen) atoms. The molecule has 0 radical (unpaired) electrons. The molecule has 1 unspecified atom stereocenters. The average molecular weight is 770 g/mol. The number of ketones is 2. The van der Waals surface area contributed by atoms with Gasteiger partial charge in [-0.1, -0.05) is 176 Å². The summed E-state index contributed by atoms with van der Waals surface area (Å²) >= 11 is 0. The Morgan fingerprint density at radius 2 is 0.983 bits per heavy atom. The van der Waals surface area contributed by atoms with E-state index in [4.69, 9.17) is 0 Å². The maximum Gasteiger partial charge on any atom is 0.193 e. The van der Waals surface area contributed by atoms with E-state index in [9.17, 15) is 9.59 Å². The summed E-state index contributed by atoms with van der Waals surface area (Å²) < 4.78 is 2.36. The van der Waals surface area contributed by atoms with Crippen molar-refractivity contribution in [3.05, 3.63) is 257 Å². The second-order valence-corrected chi connectivity index (χ2v) is 15.8. The lowest BCUT2D eigenvalue weighted by molar-refractivity contribution is 0.103. The first-order chi connectivity index (χ1) is 29.6. The zero-order valence-corrected chi connectivity index (χ0v) is 32.9. The maximum atomic E-state index is 14.9. The molecular formula is C57H39NO2. The molecule has 9 aromatic rings. The minimum atomic E-state index is -0.718. The highest BCUT2D eigenvalue weighted by molar-refractivity contribution is 6.19. The van der Waals surface area contributed by atoms with Crippen LogP contribution in [0.5, 0.6) is 0 Å². The molecule has 8 aromatic carbocycles. The van der Waals surface area contributed by atoms with Crippen LogP contribution in [0.1, 0.15) is 61.4 Å². The van der Waals surface area contributed by atoms with Gasteiger partial charge in [0.1, 0.15) is 0 Å². The van der Waals surface area contributed by atoms with Crippen LogP contribution >= 0.6 is 0 Å². The fraction of sp³-hybridized carbons (Fsp3) is 0.0526. The number of hydrogen-bond acceptors (Lipinski definition) is 2. The summed E-state index contributed by atoms with van der Waals surface area (Å²) in [5, 5.41) is 1.87. The second kappa shape index (κ2) is 14.3. The first-order valence-corrected chi connectivity index (χ1v) is 20.7. The molecule has 1 aromatic heterocycles. The molecular weight excluding hydrogens is 731 g/mol. The van der Waals surface area contributed by atoms with Gasteiger partial charge in [0.15, 0.2) is 11.6 Å². The van der Waals surface area contributed by atoms with Crippen LogP contribution in [-0.2, 0) is 5.41 Å². The number of hydrogen-bond donors (Lipinski definition) is 0. The predicted octanol–water partition coefficient (Wildman–Crippen LogP) is 13.5. The van der Waals surface area contributed by atoms with Crippen molar-refractivity contribution in [2.24, 2.45) is 0 Å². The predicted molar refractivity (Wildman–Crippen MR) is 244 cm³/mol. The number of rotatable bonds is 8. The molecule has 1 aliphatic heterocycles. The summed E-state index contributed by atoms with van der Waals surface area (Å²) in [6.45, 7) is 0. The molecule has 1 atom stereocenters. The third kappa shape index (κ3) is 5.58. The van der Waals surface area contributed by atoms with E-state index in [0.717, 1.165) is 79.3 Å². The Morgan fingerprint density at radius 3 is 1.60 bits per heavy atom. The molecule has 2 aliphatic rings. The minimum absolute atomic E-state index is 0.0465. The first-order valence-electron chi connectivity index (χ1n) is 20.7.